The van der Waals surface area contributed by atoms with Crippen molar-refractivity contribution >= 4 is 10.6 Å². The van der Waals surface area contributed by atoms with Gasteiger partial charge in [-0.15, -0.1) is 10.2 Å². The quantitative estimate of drug-likeness (QED) is 0.337. The van der Waals surface area contributed by atoms with Gasteiger partial charge in [-0.3, -0.25) is 14.1 Å². The highest BCUT2D eigenvalue weighted by Gasteiger charge is 2.24. The lowest BCUT2D eigenvalue weighted by atomic mass is 10.1. The Hall–Kier alpha value is -3.62. The maximum Gasteiger partial charge on any atom is 0.268 e. The first-order valence-electron chi connectivity index (χ1n) is 10.5. The fourth-order valence-electron chi connectivity index (χ4n) is 3.31. The van der Waals surface area contributed by atoms with E-state index in [9.17, 15) is 14.4 Å². The maximum atomic E-state index is 10.5. The molecule has 9 nitrogen and oxygen atoms in total. The van der Waals surface area contributed by atoms with Gasteiger partial charge in [0.25, 0.3) is 5.89 Å². The fraction of sp³-hybridized carbons (Fsp3) is 0.208. The van der Waals surface area contributed by atoms with E-state index in [1.165, 1.54) is 6.20 Å². The Morgan fingerprint density at radius 2 is 1.68 bits per heavy atom. The van der Waals surface area contributed by atoms with Gasteiger partial charge in [-0.25, -0.2) is 4.98 Å². The van der Waals surface area contributed by atoms with Crippen molar-refractivity contribution in [2.75, 3.05) is 7.05 Å². The molecule has 0 radical (unpaired) electrons. The predicted octanol–water partition coefficient (Wildman–Crippen LogP) is 4.97. The summed E-state index contributed by atoms with van der Waals surface area (Å²) in [7, 11) is -1.20. The molecule has 0 saturated heterocycles. The lowest BCUT2D eigenvalue weighted by Crippen LogP contribution is -2.12. The smallest absolute Gasteiger partial charge is 0.268 e. The number of nitrogens with one attached hydrogen (secondary N) is 1. The molecule has 34 heavy (non-hydrogen) atoms. The zero-order chi connectivity index (χ0) is 24.3. The van der Waals surface area contributed by atoms with E-state index in [-0.39, 0.29) is 16.3 Å². The van der Waals surface area contributed by atoms with Gasteiger partial charge in [0.2, 0.25) is 5.89 Å². The molecule has 0 atom stereocenters. The van der Waals surface area contributed by atoms with E-state index in [0.717, 1.165) is 17.7 Å². The van der Waals surface area contributed by atoms with Gasteiger partial charge in [-0.05, 0) is 50.7 Å². The minimum absolute atomic E-state index is 0.181. The largest absolute Gasteiger partial charge is 0.415 e. The van der Waals surface area contributed by atoms with E-state index in [2.05, 4.69) is 31.6 Å². The van der Waals surface area contributed by atoms with E-state index >= 15 is 0 Å². The van der Waals surface area contributed by atoms with Crippen LogP contribution in [0.2, 0.25) is 0 Å². The van der Waals surface area contributed by atoms with Crippen molar-refractivity contribution in [2.45, 2.75) is 30.5 Å². The molecule has 3 N–H and O–H groups in total. The van der Waals surface area contributed by atoms with Crippen LogP contribution in [0.4, 0.5) is 0 Å². The molecule has 0 aliphatic heterocycles. The molecule has 4 rings (SSSR count). The van der Waals surface area contributed by atoms with Crippen LogP contribution in [0.25, 0.3) is 34.3 Å². The zero-order valence-electron chi connectivity index (χ0n) is 18.9. The monoisotopic (exact) mass is 476 g/mol. The van der Waals surface area contributed by atoms with Gasteiger partial charge in [0.1, 0.15) is 11.8 Å². The average Bonchev–Trinajstić information content (AvgIpc) is 3.35. The van der Waals surface area contributed by atoms with E-state index in [1.807, 2.05) is 31.3 Å². The molecular weight excluding hydrogens is 452 g/mol. The van der Waals surface area contributed by atoms with E-state index < -0.39 is 15.8 Å². The summed E-state index contributed by atoms with van der Waals surface area (Å²) in [6, 6.07) is 14.7. The van der Waals surface area contributed by atoms with Crippen LogP contribution in [-0.2, 0) is 6.54 Å². The second-order valence-corrected chi connectivity index (χ2v) is 10.5. The molecule has 4 aromatic rings. The third-order valence-corrected chi connectivity index (χ3v) is 7.56. The van der Waals surface area contributed by atoms with Crippen LogP contribution >= 0.6 is 10.6 Å². The van der Waals surface area contributed by atoms with Crippen molar-refractivity contribution in [3.63, 3.8) is 0 Å². The van der Waals surface area contributed by atoms with Crippen LogP contribution in [0.1, 0.15) is 25.0 Å². The molecule has 0 fully saturated rings. The Labute approximate surface area is 198 Å². The van der Waals surface area contributed by atoms with Crippen molar-refractivity contribution in [1.82, 2.24) is 25.5 Å². The van der Waals surface area contributed by atoms with Crippen molar-refractivity contribution in [3.8, 4) is 40.4 Å². The summed E-state index contributed by atoms with van der Waals surface area (Å²) in [5, 5.41) is 20.5. The number of nitriles is 1. The maximum absolute atomic E-state index is 10.5. The molecule has 0 unspecified atom stereocenters. The molecule has 0 amide bonds. The van der Waals surface area contributed by atoms with Crippen molar-refractivity contribution in [2.24, 2.45) is 0 Å². The molecule has 0 aliphatic carbocycles. The third kappa shape index (κ3) is 4.69. The lowest BCUT2D eigenvalue weighted by molar-refractivity contribution is 0.476. The summed E-state index contributed by atoms with van der Waals surface area (Å²) in [4.78, 5) is 9.02. The lowest BCUT2D eigenvalue weighted by Gasteiger charge is -2.37. The predicted molar refractivity (Wildman–Crippen MR) is 130 cm³/mol. The van der Waals surface area contributed by atoms with Crippen LogP contribution in [-0.4, -0.2) is 41.6 Å². The van der Waals surface area contributed by atoms with E-state index in [4.69, 9.17) is 4.42 Å². The van der Waals surface area contributed by atoms with Gasteiger partial charge in [-0.1, -0.05) is 18.2 Å². The number of benzene rings is 2. The van der Waals surface area contributed by atoms with Gasteiger partial charge in [0.05, 0.1) is 28.5 Å². The fourth-order valence-corrected chi connectivity index (χ4v) is 4.52. The highest BCUT2D eigenvalue weighted by Crippen LogP contribution is 2.53. The van der Waals surface area contributed by atoms with Crippen molar-refractivity contribution in [1.29, 1.82) is 5.26 Å². The number of rotatable bonds is 7. The molecule has 2 heterocycles. The topological polar surface area (TPSA) is 141 Å². The SMILES string of the molecule is CNCc1ccc(-c2nnc(-c3cncc(-c4ccc(S(O)(O)C(C)C)c(C#N)c4)n3)o2)cc1. The zero-order valence-corrected chi connectivity index (χ0v) is 19.7. The minimum Gasteiger partial charge on any atom is -0.415 e. The number of hydrogen-bond donors (Lipinski definition) is 3. The highest BCUT2D eigenvalue weighted by atomic mass is 32.3. The second kappa shape index (κ2) is 9.70. The van der Waals surface area contributed by atoms with E-state index in [1.54, 1.807) is 38.2 Å². The summed E-state index contributed by atoms with van der Waals surface area (Å²) in [5.74, 6) is 0.586. The second-order valence-electron chi connectivity index (χ2n) is 7.89. The molecule has 0 saturated carbocycles. The Kier molecular flexibility index (Phi) is 6.72. The molecular formula is C24H24N6O3S. The molecule has 0 bridgehead atoms. The minimum atomic E-state index is -3.09. The van der Waals surface area contributed by atoms with Crippen LogP contribution < -0.4 is 5.32 Å². The van der Waals surface area contributed by atoms with Crippen molar-refractivity contribution < 1.29 is 13.5 Å². The molecule has 0 aliphatic rings. The molecule has 2 aromatic heterocycles. The molecule has 10 heteroatoms. The molecule has 0 spiro atoms. The van der Waals surface area contributed by atoms with Crippen LogP contribution in [0, 0.1) is 11.3 Å². The summed E-state index contributed by atoms with van der Waals surface area (Å²) in [6.07, 6.45) is 3.07. The molecule has 174 valence electrons. The molecule has 2 aromatic carbocycles. The van der Waals surface area contributed by atoms with Crippen LogP contribution in [0.3, 0.4) is 0 Å². The van der Waals surface area contributed by atoms with Gasteiger partial charge < -0.3 is 9.73 Å². The first kappa shape index (κ1) is 23.5. The Balaban J connectivity index is 1.64. The third-order valence-electron chi connectivity index (χ3n) is 5.24. The summed E-state index contributed by atoms with van der Waals surface area (Å²) in [5.41, 5.74) is 3.59. The standard InChI is InChI=1S/C24H24N6O3S/c1-15(2)34(31,32)22-9-8-18(10-19(22)11-25)20-13-27-14-21(28-20)24-30-29-23(33-24)17-6-4-16(5-7-17)12-26-3/h4-10,13-15,26,31-32H,12H2,1-3H3. The Morgan fingerprint density at radius 1 is 1.00 bits per heavy atom. The van der Waals surface area contributed by atoms with E-state index in [0.29, 0.717) is 22.8 Å². The highest BCUT2D eigenvalue weighted by molar-refractivity contribution is 8.24. The van der Waals surface area contributed by atoms with Gasteiger partial charge in [0, 0.05) is 22.9 Å². The average molecular weight is 477 g/mol. The summed E-state index contributed by atoms with van der Waals surface area (Å²) >= 11 is 0. The normalized spacial score (nSPS) is 12.0. The van der Waals surface area contributed by atoms with Crippen molar-refractivity contribution in [3.05, 3.63) is 66.0 Å². The first-order chi connectivity index (χ1) is 16.3. The Bertz CT molecular complexity index is 1350. The number of hydrogen-bond acceptors (Lipinski definition) is 9. The van der Waals surface area contributed by atoms with Crippen LogP contribution in [0.15, 0.2) is 64.2 Å². The Morgan fingerprint density at radius 3 is 2.35 bits per heavy atom. The number of nitrogens with zero attached hydrogens (tertiary/aromatic N) is 5. The van der Waals surface area contributed by atoms with Gasteiger partial charge in [0.15, 0.2) is 0 Å². The van der Waals surface area contributed by atoms with Gasteiger partial charge >= 0.3 is 0 Å². The van der Waals surface area contributed by atoms with Gasteiger partial charge in [-0.2, -0.15) is 15.9 Å². The summed E-state index contributed by atoms with van der Waals surface area (Å²) < 4.78 is 26.8. The first-order valence-corrected chi connectivity index (χ1v) is 12.2. The summed E-state index contributed by atoms with van der Waals surface area (Å²) in [6.45, 7) is 4.17. The van der Waals surface area contributed by atoms with Crippen LogP contribution in [0.5, 0.6) is 0 Å². The number of aromatic nitrogens is 4.